The van der Waals surface area contributed by atoms with Crippen molar-refractivity contribution in [3.8, 4) is 0 Å². The van der Waals surface area contributed by atoms with Gasteiger partial charge in [0.1, 0.15) is 6.04 Å². The number of carbonyl (C=O) groups excluding carboxylic acids is 2. The Bertz CT molecular complexity index is 888. The zero-order chi connectivity index (χ0) is 20.4. The predicted octanol–water partition coefficient (Wildman–Crippen LogP) is 2.46. The number of benzene rings is 1. The molecule has 2 amide bonds. The lowest BCUT2D eigenvalue weighted by Gasteiger charge is -2.27. The van der Waals surface area contributed by atoms with Crippen LogP contribution in [0, 0.1) is 0 Å². The Morgan fingerprint density at radius 1 is 1.14 bits per heavy atom. The van der Waals surface area contributed by atoms with E-state index in [4.69, 9.17) is 9.26 Å². The van der Waals surface area contributed by atoms with Gasteiger partial charge in [0.05, 0.1) is 13.2 Å². The topological polar surface area (TPSA) is 88.8 Å². The van der Waals surface area contributed by atoms with Crippen LogP contribution in [0.2, 0.25) is 0 Å². The molecule has 0 bridgehead atoms. The number of hydrogen-bond donors (Lipinski definition) is 0. The van der Waals surface area contributed by atoms with Crippen molar-refractivity contribution in [1.29, 1.82) is 0 Å². The van der Waals surface area contributed by atoms with Crippen LogP contribution in [-0.4, -0.2) is 53.2 Å². The van der Waals surface area contributed by atoms with E-state index in [1.165, 1.54) is 0 Å². The molecule has 1 saturated heterocycles. The molecular weight excluding hydrogens is 372 g/mol. The van der Waals surface area contributed by atoms with Gasteiger partial charge in [0, 0.05) is 44.0 Å². The first-order valence-electron chi connectivity index (χ1n) is 10.1. The first-order chi connectivity index (χ1) is 14.0. The number of carbonyl (C=O) groups is 2. The van der Waals surface area contributed by atoms with Gasteiger partial charge in [-0.2, -0.15) is 4.98 Å². The molecule has 0 saturated carbocycles. The molecule has 0 aliphatic carbocycles. The van der Waals surface area contributed by atoms with Crippen LogP contribution in [0.5, 0.6) is 0 Å². The summed E-state index contributed by atoms with van der Waals surface area (Å²) in [4.78, 5) is 33.6. The van der Waals surface area contributed by atoms with E-state index in [1.54, 1.807) is 9.80 Å². The Morgan fingerprint density at radius 2 is 1.86 bits per heavy atom. The van der Waals surface area contributed by atoms with Crippen molar-refractivity contribution in [2.75, 3.05) is 31.2 Å². The SMILES string of the molecule is CC(C)c1nc(C2Cc3ccccc3N2C(=O)CCC(=O)N2CCOCC2)no1. The van der Waals surface area contributed by atoms with Crippen molar-refractivity contribution in [3.05, 3.63) is 41.5 Å². The molecule has 2 aliphatic rings. The maximum atomic E-state index is 13.2. The Kier molecular flexibility index (Phi) is 5.62. The number of amides is 2. The summed E-state index contributed by atoms with van der Waals surface area (Å²) in [6.45, 7) is 6.25. The molecule has 29 heavy (non-hydrogen) atoms. The summed E-state index contributed by atoms with van der Waals surface area (Å²) < 4.78 is 10.7. The van der Waals surface area contributed by atoms with Crippen LogP contribution >= 0.6 is 0 Å². The molecule has 8 heteroatoms. The number of hydrogen-bond acceptors (Lipinski definition) is 6. The Morgan fingerprint density at radius 3 is 2.59 bits per heavy atom. The maximum Gasteiger partial charge on any atom is 0.229 e. The van der Waals surface area contributed by atoms with Gasteiger partial charge in [-0.1, -0.05) is 37.2 Å². The number of ether oxygens (including phenoxy) is 1. The van der Waals surface area contributed by atoms with E-state index >= 15 is 0 Å². The van der Waals surface area contributed by atoms with E-state index < -0.39 is 0 Å². The minimum atomic E-state index is -0.311. The molecule has 4 rings (SSSR count). The highest BCUT2D eigenvalue weighted by molar-refractivity contribution is 5.98. The van der Waals surface area contributed by atoms with Crippen molar-refractivity contribution >= 4 is 17.5 Å². The average molecular weight is 398 g/mol. The molecule has 1 atom stereocenters. The third-order valence-electron chi connectivity index (χ3n) is 5.41. The molecule has 0 N–H and O–H groups in total. The quantitative estimate of drug-likeness (QED) is 0.769. The lowest BCUT2D eigenvalue weighted by atomic mass is 10.1. The Hall–Kier alpha value is -2.74. The van der Waals surface area contributed by atoms with Gasteiger partial charge in [0.25, 0.3) is 0 Å². The number of anilines is 1. The van der Waals surface area contributed by atoms with E-state index in [2.05, 4.69) is 10.1 Å². The fourth-order valence-corrected chi connectivity index (χ4v) is 3.82. The van der Waals surface area contributed by atoms with Gasteiger partial charge < -0.3 is 19.1 Å². The highest BCUT2D eigenvalue weighted by atomic mass is 16.5. The van der Waals surface area contributed by atoms with Gasteiger partial charge in [-0.3, -0.25) is 9.59 Å². The smallest absolute Gasteiger partial charge is 0.229 e. The average Bonchev–Trinajstić information content (AvgIpc) is 3.37. The van der Waals surface area contributed by atoms with Gasteiger partial charge in [-0.15, -0.1) is 0 Å². The second kappa shape index (κ2) is 8.32. The Balaban J connectivity index is 1.51. The number of fused-ring (bicyclic) bond motifs is 1. The molecular formula is C21H26N4O4. The normalized spacial score (nSPS) is 18.9. The number of rotatable bonds is 5. The molecule has 8 nitrogen and oxygen atoms in total. The van der Waals surface area contributed by atoms with Crippen LogP contribution in [0.1, 0.15) is 55.9 Å². The molecule has 0 radical (unpaired) electrons. The van der Waals surface area contributed by atoms with Gasteiger partial charge in [-0.05, 0) is 11.6 Å². The van der Waals surface area contributed by atoms with Crippen molar-refractivity contribution in [1.82, 2.24) is 15.0 Å². The Labute approximate surface area is 169 Å². The molecule has 1 aromatic heterocycles. The second-order valence-electron chi connectivity index (χ2n) is 7.75. The number of para-hydroxylation sites is 1. The molecule has 2 aromatic rings. The minimum Gasteiger partial charge on any atom is -0.378 e. The summed E-state index contributed by atoms with van der Waals surface area (Å²) in [5.41, 5.74) is 1.93. The van der Waals surface area contributed by atoms with E-state index in [1.807, 2.05) is 38.1 Å². The first kappa shape index (κ1) is 19.6. The zero-order valence-corrected chi connectivity index (χ0v) is 16.8. The minimum absolute atomic E-state index is 0.00710. The van der Waals surface area contributed by atoms with Crippen molar-refractivity contribution < 1.29 is 18.8 Å². The van der Waals surface area contributed by atoms with Crippen LogP contribution in [0.3, 0.4) is 0 Å². The zero-order valence-electron chi connectivity index (χ0n) is 16.8. The third kappa shape index (κ3) is 4.03. The van der Waals surface area contributed by atoms with Crippen LogP contribution < -0.4 is 4.90 Å². The molecule has 1 unspecified atom stereocenters. The maximum absolute atomic E-state index is 13.2. The van der Waals surface area contributed by atoms with E-state index in [9.17, 15) is 9.59 Å². The van der Waals surface area contributed by atoms with Crippen LogP contribution in [0.15, 0.2) is 28.8 Å². The number of nitrogens with zero attached hydrogens (tertiary/aromatic N) is 4. The fourth-order valence-electron chi connectivity index (χ4n) is 3.82. The summed E-state index contributed by atoms with van der Waals surface area (Å²) in [5, 5.41) is 4.13. The highest BCUT2D eigenvalue weighted by Gasteiger charge is 2.37. The summed E-state index contributed by atoms with van der Waals surface area (Å²) in [6, 6.07) is 7.51. The number of morpholine rings is 1. The molecule has 1 fully saturated rings. The standard InChI is InChI=1S/C21H26N4O4/c1-14(2)21-22-20(23-29-21)17-13-15-5-3-4-6-16(15)25(17)19(27)8-7-18(26)24-9-11-28-12-10-24/h3-6,14,17H,7-13H2,1-2H3. The van der Waals surface area contributed by atoms with Gasteiger partial charge in [0.15, 0.2) is 5.82 Å². The van der Waals surface area contributed by atoms with Crippen molar-refractivity contribution in [3.63, 3.8) is 0 Å². The molecule has 0 spiro atoms. The first-order valence-corrected chi connectivity index (χ1v) is 10.1. The van der Waals surface area contributed by atoms with Crippen molar-refractivity contribution in [2.24, 2.45) is 0 Å². The largest absolute Gasteiger partial charge is 0.378 e. The van der Waals surface area contributed by atoms with Crippen LogP contribution in [-0.2, 0) is 20.7 Å². The molecule has 2 aliphatic heterocycles. The van der Waals surface area contributed by atoms with Crippen LogP contribution in [0.4, 0.5) is 5.69 Å². The van der Waals surface area contributed by atoms with Gasteiger partial charge >= 0.3 is 0 Å². The monoisotopic (exact) mass is 398 g/mol. The lowest BCUT2D eigenvalue weighted by Crippen LogP contribution is -2.41. The van der Waals surface area contributed by atoms with Crippen molar-refractivity contribution in [2.45, 2.75) is 45.1 Å². The van der Waals surface area contributed by atoms with Gasteiger partial charge in [-0.25, -0.2) is 0 Å². The number of aromatic nitrogens is 2. The van der Waals surface area contributed by atoms with E-state index in [0.29, 0.717) is 44.4 Å². The van der Waals surface area contributed by atoms with E-state index in [0.717, 1.165) is 11.3 Å². The predicted molar refractivity (Wildman–Crippen MR) is 105 cm³/mol. The molecule has 1 aromatic carbocycles. The lowest BCUT2D eigenvalue weighted by molar-refractivity contribution is -0.136. The second-order valence-corrected chi connectivity index (χ2v) is 7.75. The van der Waals surface area contributed by atoms with Crippen LogP contribution in [0.25, 0.3) is 0 Å². The highest BCUT2D eigenvalue weighted by Crippen LogP contribution is 2.40. The van der Waals surface area contributed by atoms with Gasteiger partial charge in [0.2, 0.25) is 17.7 Å². The molecule has 154 valence electrons. The third-order valence-corrected chi connectivity index (χ3v) is 5.41. The summed E-state index contributed by atoms with van der Waals surface area (Å²) in [5.74, 6) is 1.09. The summed E-state index contributed by atoms with van der Waals surface area (Å²) >= 11 is 0. The fraction of sp³-hybridized carbons (Fsp3) is 0.524. The molecule has 3 heterocycles. The summed E-state index contributed by atoms with van der Waals surface area (Å²) in [7, 11) is 0. The van der Waals surface area contributed by atoms with E-state index in [-0.39, 0.29) is 36.6 Å². The summed E-state index contributed by atoms with van der Waals surface area (Å²) in [6.07, 6.45) is 0.972.